The number of rotatable bonds is 3. The average molecular weight is 353 g/mol. The van der Waals surface area contributed by atoms with Crippen molar-refractivity contribution in [2.75, 3.05) is 0 Å². The summed E-state index contributed by atoms with van der Waals surface area (Å²) in [7, 11) is 0. The second-order valence-electron chi connectivity index (χ2n) is 7.03. The number of hydroxylamine groups is 1. The maximum absolute atomic E-state index is 14.1. The van der Waals surface area contributed by atoms with Crippen LogP contribution in [-0.2, 0) is 10.2 Å². The van der Waals surface area contributed by atoms with Crippen molar-refractivity contribution in [2.24, 2.45) is 0 Å². The number of halogens is 1. The van der Waals surface area contributed by atoms with Gasteiger partial charge in [0.05, 0.1) is 5.41 Å². The van der Waals surface area contributed by atoms with Gasteiger partial charge in [-0.15, -0.1) is 0 Å². The highest BCUT2D eigenvalue weighted by Crippen LogP contribution is 2.49. The molecule has 1 amide bonds. The number of amides is 1. The quantitative estimate of drug-likeness (QED) is 0.559. The van der Waals surface area contributed by atoms with Crippen LogP contribution < -0.4 is 5.48 Å². The third-order valence-corrected chi connectivity index (χ3v) is 5.73. The van der Waals surface area contributed by atoms with Gasteiger partial charge in [-0.3, -0.25) is 10.0 Å². The minimum absolute atomic E-state index is 0.136. The van der Waals surface area contributed by atoms with Crippen molar-refractivity contribution >= 4 is 11.6 Å². The van der Waals surface area contributed by atoms with Crippen molar-refractivity contribution in [3.05, 3.63) is 71.4 Å². The molecule has 5 nitrogen and oxygen atoms in total. The van der Waals surface area contributed by atoms with Gasteiger partial charge in [-0.05, 0) is 67.0 Å². The molecule has 1 fully saturated rings. The summed E-state index contributed by atoms with van der Waals surface area (Å²) in [5.41, 5.74) is 3.94. The third-order valence-electron chi connectivity index (χ3n) is 5.73. The van der Waals surface area contributed by atoms with Crippen molar-refractivity contribution in [3.8, 4) is 0 Å². The summed E-state index contributed by atoms with van der Waals surface area (Å²) >= 11 is 0. The zero-order valence-electron chi connectivity index (χ0n) is 14.4. The van der Waals surface area contributed by atoms with Crippen LogP contribution >= 0.6 is 0 Å². The van der Waals surface area contributed by atoms with Crippen LogP contribution in [0.25, 0.3) is 5.65 Å². The molecule has 3 aromatic rings. The van der Waals surface area contributed by atoms with E-state index in [-0.39, 0.29) is 11.7 Å². The van der Waals surface area contributed by atoms with E-state index < -0.39 is 11.3 Å². The van der Waals surface area contributed by atoms with Crippen LogP contribution in [0.1, 0.15) is 41.9 Å². The number of carbonyl (C=O) groups excluding carboxylic acids is 1. The van der Waals surface area contributed by atoms with Gasteiger partial charge in [0.15, 0.2) is 0 Å². The molecule has 4 rings (SSSR count). The van der Waals surface area contributed by atoms with E-state index in [1.165, 1.54) is 6.07 Å². The molecule has 2 atom stereocenters. The van der Waals surface area contributed by atoms with Crippen molar-refractivity contribution in [1.82, 2.24) is 14.9 Å². The highest BCUT2D eigenvalue weighted by atomic mass is 19.1. The zero-order chi connectivity index (χ0) is 18.3. The smallest absolute Gasteiger partial charge is 0.254 e. The summed E-state index contributed by atoms with van der Waals surface area (Å²) in [6.45, 7) is 1.68. The van der Waals surface area contributed by atoms with Gasteiger partial charge >= 0.3 is 0 Å². The number of imidazole rings is 1. The molecule has 1 aliphatic rings. The van der Waals surface area contributed by atoms with Gasteiger partial charge in [0, 0.05) is 18.6 Å². The lowest BCUT2D eigenvalue weighted by atomic mass is 9.75. The third kappa shape index (κ3) is 2.49. The van der Waals surface area contributed by atoms with Crippen LogP contribution in [0.3, 0.4) is 0 Å². The lowest BCUT2D eigenvalue weighted by Crippen LogP contribution is -2.42. The topological polar surface area (TPSA) is 66.6 Å². The van der Waals surface area contributed by atoms with Crippen LogP contribution in [0.4, 0.5) is 4.39 Å². The van der Waals surface area contributed by atoms with Crippen LogP contribution in [0.5, 0.6) is 0 Å². The Morgan fingerprint density at radius 2 is 2.23 bits per heavy atom. The van der Waals surface area contributed by atoms with E-state index in [4.69, 9.17) is 0 Å². The van der Waals surface area contributed by atoms with Gasteiger partial charge in [-0.1, -0.05) is 12.1 Å². The molecule has 0 saturated heterocycles. The van der Waals surface area contributed by atoms with Crippen molar-refractivity contribution < 1.29 is 14.4 Å². The molecule has 0 aliphatic heterocycles. The molecule has 6 heteroatoms. The van der Waals surface area contributed by atoms with E-state index >= 15 is 0 Å². The van der Waals surface area contributed by atoms with E-state index in [0.29, 0.717) is 24.0 Å². The summed E-state index contributed by atoms with van der Waals surface area (Å²) in [5, 5.41) is 9.35. The Morgan fingerprint density at radius 3 is 3.04 bits per heavy atom. The largest absolute Gasteiger partial charge is 0.307 e. The maximum Gasteiger partial charge on any atom is 0.254 e. The predicted molar refractivity (Wildman–Crippen MR) is 94.5 cm³/mol. The van der Waals surface area contributed by atoms with Crippen LogP contribution in [0.15, 0.2) is 48.9 Å². The second kappa shape index (κ2) is 6.21. The SMILES string of the molecule is Cc1c(F)cccc1[C@]1(C(=O)NO)CC[C@H](c2ccn3ccnc3c2)C1. The molecular formula is C20H20FN3O2. The highest BCUT2D eigenvalue weighted by molar-refractivity contribution is 5.88. The van der Waals surface area contributed by atoms with Crippen molar-refractivity contribution in [2.45, 2.75) is 37.5 Å². The van der Waals surface area contributed by atoms with Gasteiger partial charge in [0.2, 0.25) is 0 Å². The lowest BCUT2D eigenvalue weighted by Gasteiger charge is -2.29. The van der Waals surface area contributed by atoms with E-state index in [0.717, 1.165) is 17.6 Å². The summed E-state index contributed by atoms with van der Waals surface area (Å²) in [6, 6.07) is 8.85. The van der Waals surface area contributed by atoms with E-state index in [2.05, 4.69) is 4.98 Å². The van der Waals surface area contributed by atoms with Crippen LogP contribution in [-0.4, -0.2) is 20.5 Å². The first-order valence-corrected chi connectivity index (χ1v) is 8.68. The summed E-state index contributed by atoms with van der Waals surface area (Å²) in [5.74, 6) is -0.679. The Balaban J connectivity index is 1.75. The van der Waals surface area contributed by atoms with E-state index in [1.54, 1.807) is 25.3 Å². The molecular weight excluding hydrogens is 333 g/mol. The molecule has 1 aromatic carbocycles. The maximum atomic E-state index is 14.1. The molecule has 1 saturated carbocycles. The monoisotopic (exact) mass is 353 g/mol. The second-order valence-corrected chi connectivity index (χ2v) is 7.03. The van der Waals surface area contributed by atoms with Crippen molar-refractivity contribution in [3.63, 3.8) is 0 Å². The molecule has 2 heterocycles. The molecule has 0 radical (unpaired) electrons. The summed E-state index contributed by atoms with van der Waals surface area (Å²) < 4.78 is 16.1. The fourth-order valence-electron chi connectivity index (χ4n) is 4.32. The van der Waals surface area contributed by atoms with Crippen LogP contribution in [0.2, 0.25) is 0 Å². The minimum Gasteiger partial charge on any atom is -0.307 e. The number of hydrogen-bond donors (Lipinski definition) is 2. The van der Waals surface area contributed by atoms with Gasteiger partial charge in [-0.2, -0.15) is 0 Å². The molecule has 0 bridgehead atoms. The van der Waals surface area contributed by atoms with E-state index in [1.807, 2.05) is 34.4 Å². The summed E-state index contributed by atoms with van der Waals surface area (Å²) in [4.78, 5) is 17.0. The standard InChI is InChI=1S/C20H20FN3O2/c1-13-16(3-2-4-17(13)21)20(19(25)23-26)7-5-15(12-20)14-6-9-24-10-8-22-18(24)11-14/h2-4,6,8-11,15,26H,5,7,12H2,1H3,(H,23,25)/t15-,20-/m0/s1. The van der Waals surface area contributed by atoms with E-state index in [9.17, 15) is 14.4 Å². The number of aromatic nitrogens is 2. The molecule has 2 aromatic heterocycles. The Morgan fingerprint density at radius 1 is 1.38 bits per heavy atom. The number of nitrogens with one attached hydrogen (secondary N) is 1. The van der Waals surface area contributed by atoms with Gasteiger partial charge < -0.3 is 4.40 Å². The Kier molecular flexibility index (Phi) is 4.00. The zero-order valence-corrected chi connectivity index (χ0v) is 14.4. The molecule has 2 N–H and O–H groups in total. The first kappa shape index (κ1) is 16.7. The molecule has 1 aliphatic carbocycles. The highest BCUT2D eigenvalue weighted by Gasteiger charge is 2.48. The molecule has 0 unspecified atom stereocenters. The van der Waals surface area contributed by atoms with Crippen molar-refractivity contribution in [1.29, 1.82) is 0 Å². The fraction of sp³-hybridized carbons (Fsp3) is 0.300. The number of benzene rings is 1. The minimum atomic E-state index is -0.937. The number of nitrogens with zero attached hydrogens (tertiary/aromatic N) is 2. The average Bonchev–Trinajstić information content (AvgIpc) is 3.30. The fourth-order valence-corrected chi connectivity index (χ4v) is 4.32. The number of pyridine rings is 1. The number of carbonyl (C=O) groups is 1. The number of fused-ring (bicyclic) bond motifs is 1. The Hall–Kier alpha value is -2.73. The molecule has 0 spiro atoms. The van der Waals surface area contributed by atoms with Crippen LogP contribution in [0, 0.1) is 12.7 Å². The van der Waals surface area contributed by atoms with Gasteiger partial charge in [-0.25, -0.2) is 14.9 Å². The molecule has 26 heavy (non-hydrogen) atoms. The molecule has 134 valence electrons. The first-order chi connectivity index (χ1) is 12.5. The number of hydrogen-bond acceptors (Lipinski definition) is 3. The first-order valence-electron chi connectivity index (χ1n) is 8.68. The summed E-state index contributed by atoms with van der Waals surface area (Å²) in [6.07, 6.45) is 7.42. The lowest BCUT2D eigenvalue weighted by molar-refractivity contribution is -0.135. The van der Waals surface area contributed by atoms with Gasteiger partial charge in [0.1, 0.15) is 11.5 Å². The Bertz CT molecular complexity index is 984. The normalized spacial score (nSPS) is 22.7. The Labute approximate surface area is 150 Å². The predicted octanol–water partition coefficient (Wildman–Crippen LogP) is 3.49. The van der Waals surface area contributed by atoms with Gasteiger partial charge in [0.25, 0.3) is 5.91 Å².